The topological polar surface area (TPSA) is 39.2 Å². The zero-order valence-corrected chi connectivity index (χ0v) is 10.7. The molecule has 1 aromatic heterocycles. The van der Waals surface area contributed by atoms with Crippen LogP contribution in [-0.4, -0.2) is 35.3 Å². The van der Waals surface area contributed by atoms with Gasteiger partial charge in [-0.3, -0.25) is 0 Å². The van der Waals surface area contributed by atoms with E-state index in [1.54, 1.807) is 6.20 Å². The highest BCUT2D eigenvalue weighted by atomic mass is 32.2. The van der Waals surface area contributed by atoms with Gasteiger partial charge in [-0.25, -0.2) is 9.78 Å². The molecule has 1 unspecified atom stereocenters. The molecule has 3 nitrogen and oxygen atoms in total. The molecule has 1 aliphatic heterocycles. The fourth-order valence-corrected chi connectivity index (χ4v) is 5.09. The van der Waals surface area contributed by atoms with E-state index in [-0.39, 0.29) is 5.97 Å². The van der Waals surface area contributed by atoms with Gasteiger partial charge in [-0.05, 0) is 0 Å². The minimum Gasteiger partial charge on any atom is -0.465 e. The maximum absolute atomic E-state index is 11.2. The molecular weight excluding hydrogens is 250 g/mol. The summed E-state index contributed by atoms with van der Waals surface area (Å²) in [5, 5.41) is 1.50. The molecule has 6 heteroatoms. The van der Waals surface area contributed by atoms with E-state index < -0.39 is 0 Å². The second-order valence-electron chi connectivity index (χ2n) is 2.99. The SMILES string of the molecule is COC(=O)c1cnc(C2CSCCS2)s1. The number of carbonyl (C=O) groups excluding carboxylic acids is 1. The number of thiazole rings is 1. The second kappa shape index (κ2) is 5.23. The lowest BCUT2D eigenvalue weighted by Crippen LogP contribution is -2.05. The molecule has 1 atom stereocenters. The Morgan fingerprint density at radius 3 is 3.13 bits per heavy atom. The molecule has 0 bridgehead atoms. The summed E-state index contributed by atoms with van der Waals surface area (Å²) in [6, 6.07) is 0. The number of ether oxygens (including phenoxy) is 1. The van der Waals surface area contributed by atoms with Crippen molar-refractivity contribution in [2.75, 3.05) is 24.4 Å². The van der Waals surface area contributed by atoms with Crippen LogP contribution in [0, 0.1) is 0 Å². The van der Waals surface area contributed by atoms with Gasteiger partial charge in [0.05, 0.1) is 18.6 Å². The van der Waals surface area contributed by atoms with Gasteiger partial charge in [-0.2, -0.15) is 11.8 Å². The Morgan fingerprint density at radius 2 is 2.47 bits per heavy atom. The van der Waals surface area contributed by atoms with Crippen LogP contribution in [0.1, 0.15) is 19.9 Å². The molecule has 15 heavy (non-hydrogen) atoms. The number of hydrogen-bond donors (Lipinski definition) is 0. The van der Waals surface area contributed by atoms with Crippen LogP contribution < -0.4 is 0 Å². The Labute approximate surface area is 101 Å². The van der Waals surface area contributed by atoms with Gasteiger partial charge >= 0.3 is 5.97 Å². The maximum atomic E-state index is 11.2. The summed E-state index contributed by atoms with van der Waals surface area (Å²) in [5.74, 6) is 3.20. The van der Waals surface area contributed by atoms with Gasteiger partial charge in [-0.15, -0.1) is 23.1 Å². The van der Waals surface area contributed by atoms with Crippen LogP contribution in [0.15, 0.2) is 6.20 Å². The van der Waals surface area contributed by atoms with Crippen molar-refractivity contribution in [3.8, 4) is 0 Å². The van der Waals surface area contributed by atoms with Gasteiger partial charge in [0.2, 0.25) is 0 Å². The second-order valence-corrected chi connectivity index (χ2v) is 6.51. The molecular formula is C9H11NO2S3. The van der Waals surface area contributed by atoms with Crippen molar-refractivity contribution in [3.63, 3.8) is 0 Å². The highest BCUT2D eigenvalue weighted by Crippen LogP contribution is 2.38. The van der Waals surface area contributed by atoms with Crippen LogP contribution in [-0.2, 0) is 4.74 Å². The Hall–Kier alpha value is -0.200. The molecule has 0 aromatic carbocycles. The first-order valence-electron chi connectivity index (χ1n) is 4.54. The van der Waals surface area contributed by atoms with Crippen LogP contribution in [0.5, 0.6) is 0 Å². The van der Waals surface area contributed by atoms with Crippen molar-refractivity contribution < 1.29 is 9.53 Å². The zero-order chi connectivity index (χ0) is 10.7. The molecule has 0 spiro atoms. The first kappa shape index (κ1) is 11.3. The summed E-state index contributed by atoms with van der Waals surface area (Å²) in [4.78, 5) is 16.1. The van der Waals surface area contributed by atoms with E-state index in [2.05, 4.69) is 9.72 Å². The van der Waals surface area contributed by atoms with E-state index in [0.29, 0.717) is 10.1 Å². The van der Waals surface area contributed by atoms with E-state index in [1.807, 2.05) is 23.5 Å². The third kappa shape index (κ3) is 2.68. The van der Waals surface area contributed by atoms with Crippen molar-refractivity contribution in [1.29, 1.82) is 0 Å². The molecule has 0 N–H and O–H groups in total. The highest BCUT2D eigenvalue weighted by Gasteiger charge is 2.21. The lowest BCUT2D eigenvalue weighted by atomic mass is 10.5. The van der Waals surface area contributed by atoms with E-state index >= 15 is 0 Å². The largest absolute Gasteiger partial charge is 0.465 e. The van der Waals surface area contributed by atoms with Gasteiger partial charge < -0.3 is 4.74 Å². The quantitative estimate of drug-likeness (QED) is 0.765. The highest BCUT2D eigenvalue weighted by molar-refractivity contribution is 8.06. The average molecular weight is 261 g/mol. The summed E-state index contributed by atoms with van der Waals surface area (Å²) < 4.78 is 4.66. The van der Waals surface area contributed by atoms with Crippen LogP contribution in [0.3, 0.4) is 0 Å². The third-order valence-corrected chi connectivity index (χ3v) is 6.01. The number of rotatable bonds is 2. The maximum Gasteiger partial charge on any atom is 0.349 e. The zero-order valence-electron chi connectivity index (χ0n) is 8.26. The molecule has 0 aliphatic carbocycles. The van der Waals surface area contributed by atoms with Crippen molar-refractivity contribution in [2.45, 2.75) is 5.25 Å². The molecule has 1 saturated heterocycles. The Balaban J connectivity index is 2.08. The Kier molecular flexibility index (Phi) is 3.93. The number of esters is 1. The van der Waals surface area contributed by atoms with Crippen LogP contribution in [0.4, 0.5) is 0 Å². The van der Waals surface area contributed by atoms with E-state index in [0.717, 1.165) is 10.8 Å². The minimum atomic E-state index is -0.285. The molecule has 1 fully saturated rings. The van der Waals surface area contributed by atoms with Gasteiger partial charge in [0.15, 0.2) is 0 Å². The number of hydrogen-bond acceptors (Lipinski definition) is 6. The summed E-state index contributed by atoms with van der Waals surface area (Å²) in [6.45, 7) is 0. The van der Waals surface area contributed by atoms with Crippen molar-refractivity contribution in [3.05, 3.63) is 16.1 Å². The number of aromatic nitrogens is 1. The summed E-state index contributed by atoms with van der Waals surface area (Å²) >= 11 is 5.33. The van der Waals surface area contributed by atoms with E-state index in [4.69, 9.17) is 0 Å². The molecule has 82 valence electrons. The summed E-state index contributed by atoms with van der Waals surface area (Å²) in [5.41, 5.74) is 0. The minimum absolute atomic E-state index is 0.285. The molecule has 1 aromatic rings. The first-order valence-corrected chi connectivity index (χ1v) is 7.56. The fraction of sp³-hybridized carbons (Fsp3) is 0.556. The predicted molar refractivity (Wildman–Crippen MR) is 66.0 cm³/mol. The average Bonchev–Trinajstić information content (AvgIpc) is 2.78. The molecule has 1 aliphatic rings. The van der Waals surface area contributed by atoms with E-state index in [9.17, 15) is 4.79 Å². The fourth-order valence-electron chi connectivity index (χ4n) is 1.26. The lowest BCUT2D eigenvalue weighted by molar-refractivity contribution is 0.0606. The van der Waals surface area contributed by atoms with Crippen molar-refractivity contribution in [1.82, 2.24) is 4.98 Å². The molecule has 0 saturated carbocycles. The molecule has 0 amide bonds. The summed E-state index contributed by atoms with van der Waals surface area (Å²) in [6.07, 6.45) is 1.62. The third-order valence-electron chi connectivity index (χ3n) is 2.00. The van der Waals surface area contributed by atoms with Crippen LogP contribution in [0.2, 0.25) is 0 Å². The number of nitrogens with zero attached hydrogens (tertiary/aromatic N) is 1. The van der Waals surface area contributed by atoms with Gasteiger partial charge in [0, 0.05) is 17.3 Å². The number of carbonyl (C=O) groups is 1. The van der Waals surface area contributed by atoms with Gasteiger partial charge in [-0.1, -0.05) is 0 Å². The number of thioether (sulfide) groups is 2. The van der Waals surface area contributed by atoms with Crippen molar-refractivity contribution in [2.24, 2.45) is 0 Å². The van der Waals surface area contributed by atoms with Crippen LogP contribution in [0.25, 0.3) is 0 Å². The standard InChI is InChI=1S/C9H11NO2S3/c1-12-9(11)6-4-10-8(15-6)7-5-13-2-3-14-7/h4,7H,2-3,5H2,1H3. The molecule has 2 heterocycles. The van der Waals surface area contributed by atoms with Crippen LogP contribution >= 0.6 is 34.9 Å². The summed E-state index contributed by atoms with van der Waals surface area (Å²) in [7, 11) is 1.40. The van der Waals surface area contributed by atoms with Gasteiger partial charge in [0.1, 0.15) is 9.88 Å². The Morgan fingerprint density at radius 1 is 1.60 bits per heavy atom. The predicted octanol–water partition coefficient (Wildman–Crippen LogP) is 2.45. The monoisotopic (exact) mass is 261 g/mol. The van der Waals surface area contributed by atoms with E-state index in [1.165, 1.54) is 30.0 Å². The smallest absolute Gasteiger partial charge is 0.349 e. The molecule has 0 radical (unpaired) electrons. The first-order chi connectivity index (χ1) is 7.31. The van der Waals surface area contributed by atoms with Gasteiger partial charge in [0.25, 0.3) is 0 Å². The normalized spacial score (nSPS) is 21.3. The Bertz CT molecular complexity index is 347. The molecule has 2 rings (SSSR count). The van der Waals surface area contributed by atoms with Crippen molar-refractivity contribution >= 4 is 40.8 Å². The number of methoxy groups -OCH3 is 1. The lowest BCUT2D eigenvalue weighted by Gasteiger charge is -2.18.